The lowest BCUT2D eigenvalue weighted by atomic mass is 10.2. The van der Waals surface area contributed by atoms with E-state index in [1.165, 1.54) is 41.3 Å². The Bertz CT molecular complexity index is 1100. The predicted octanol–water partition coefficient (Wildman–Crippen LogP) is 3.71. The summed E-state index contributed by atoms with van der Waals surface area (Å²) in [6.45, 7) is 0. The van der Waals surface area contributed by atoms with Gasteiger partial charge < -0.3 is 9.73 Å². The maximum Gasteiger partial charge on any atom is 0.274 e. The maximum absolute atomic E-state index is 13.1. The molecule has 0 atom stereocenters. The molecule has 138 valence electrons. The molecule has 0 aliphatic carbocycles. The molecule has 0 spiro atoms. The summed E-state index contributed by atoms with van der Waals surface area (Å²) in [5.74, 6) is -0.0184. The molecule has 1 N–H and O–H groups in total. The van der Waals surface area contributed by atoms with E-state index in [9.17, 15) is 9.18 Å². The number of anilines is 1. The molecule has 0 saturated carbocycles. The molecule has 1 amide bonds. The van der Waals surface area contributed by atoms with Gasteiger partial charge in [0.2, 0.25) is 0 Å². The molecule has 0 radical (unpaired) electrons. The van der Waals surface area contributed by atoms with E-state index >= 15 is 0 Å². The van der Waals surface area contributed by atoms with Crippen molar-refractivity contribution < 1.29 is 13.6 Å². The van der Waals surface area contributed by atoms with Crippen molar-refractivity contribution in [3.8, 4) is 11.4 Å². The largest absolute Gasteiger partial charge is 0.465 e. The van der Waals surface area contributed by atoms with Crippen molar-refractivity contribution in [2.75, 3.05) is 5.32 Å². The summed E-state index contributed by atoms with van der Waals surface area (Å²) in [7, 11) is 0. The maximum atomic E-state index is 13.1. The standard InChI is InChI=1S/C20H14FN5O2/c21-15-8-10-16(11-9-15)22-20(27)18(13-17-7-4-12-28-17)26-19(23-24-25-26)14-5-2-1-3-6-14/h1-13H,(H,22,27). The van der Waals surface area contributed by atoms with Crippen molar-refractivity contribution in [3.63, 3.8) is 0 Å². The molecule has 4 rings (SSSR count). The topological polar surface area (TPSA) is 85.8 Å². The van der Waals surface area contributed by atoms with Crippen LogP contribution < -0.4 is 5.32 Å². The minimum Gasteiger partial charge on any atom is -0.465 e. The van der Waals surface area contributed by atoms with E-state index in [1.807, 2.05) is 30.3 Å². The van der Waals surface area contributed by atoms with E-state index in [1.54, 1.807) is 12.1 Å². The molecule has 2 aromatic carbocycles. The number of carbonyl (C=O) groups is 1. The second kappa shape index (κ2) is 7.67. The first kappa shape index (κ1) is 17.3. The number of amides is 1. The number of nitrogens with one attached hydrogen (secondary N) is 1. The highest BCUT2D eigenvalue weighted by atomic mass is 19.1. The fraction of sp³-hybridized carbons (Fsp3) is 0. The van der Waals surface area contributed by atoms with Crippen LogP contribution in [0.4, 0.5) is 10.1 Å². The predicted molar refractivity (Wildman–Crippen MR) is 101 cm³/mol. The van der Waals surface area contributed by atoms with Crippen molar-refractivity contribution in [1.82, 2.24) is 20.2 Å². The fourth-order valence-electron chi connectivity index (χ4n) is 2.58. The molecule has 2 heterocycles. The molecule has 0 unspecified atom stereocenters. The van der Waals surface area contributed by atoms with Crippen LogP contribution in [0.3, 0.4) is 0 Å². The molecule has 0 fully saturated rings. The molecule has 0 aliphatic rings. The lowest BCUT2D eigenvalue weighted by molar-refractivity contribution is -0.111. The number of nitrogens with zero attached hydrogens (tertiary/aromatic N) is 4. The Hall–Kier alpha value is -4.07. The highest BCUT2D eigenvalue weighted by Crippen LogP contribution is 2.21. The van der Waals surface area contributed by atoms with Gasteiger partial charge in [-0.1, -0.05) is 30.3 Å². The van der Waals surface area contributed by atoms with Crippen molar-refractivity contribution in [3.05, 3.63) is 84.6 Å². The summed E-state index contributed by atoms with van der Waals surface area (Å²) in [4.78, 5) is 13.0. The van der Waals surface area contributed by atoms with E-state index in [0.717, 1.165) is 5.56 Å². The third-order valence-electron chi connectivity index (χ3n) is 3.89. The minimum absolute atomic E-state index is 0.142. The van der Waals surface area contributed by atoms with Gasteiger partial charge in [-0.2, -0.15) is 4.68 Å². The van der Waals surface area contributed by atoms with Crippen molar-refractivity contribution >= 4 is 23.4 Å². The zero-order valence-electron chi connectivity index (χ0n) is 14.5. The Morgan fingerprint density at radius 3 is 2.54 bits per heavy atom. The molecule has 28 heavy (non-hydrogen) atoms. The van der Waals surface area contributed by atoms with Crippen LogP contribution in [0.15, 0.2) is 77.4 Å². The van der Waals surface area contributed by atoms with Gasteiger partial charge in [0, 0.05) is 17.3 Å². The van der Waals surface area contributed by atoms with Gasteiger partial charge in [-0.05, 0) is 46.8 Å². The average molecular weight is 375 g/mol. The van der Waals surface area contributed by atoms with Crippen LogP contribution >= 0.6 is 0 Å². The molecular formula is C20H14FN5O2. The van der Waals surface area contributed by atoms with Gasteiger partial charge in [0.25, 0.3) is 5.91 Å². The van der Waals surface area contributed by atoms with Crippen LogP contribution in [0.1, 0.15) is 5.76 Å². The molecule has 4 aromatic rings. The fourth-order valence-corrected chi connectivity index (χ4v) is 2.58. The van der Waals surface area contributed by atoms with E-state index in [0.29, 0.717) is 17.3 Å². The lowest BCUT2D eigenvalue weighted by Gasteiger charge is -2.10. The van der Waals surface area contributed by atoms with E-state index in [2.05, 4.69) is 20.8 Å². The van der Waals surface area contributed by atoms with Gasteiger partial charge in [-0.15, -0.1) is 5.10 Å². The number of tetrazole rings is 1. The van der Waals surface area contributed by atoms with Crippen molar-refractivity contribution in [2.24, 2.45) is 0 Å². The number of rotatable bonds is 5. The zero-order valence-corrected chi connectivity index (χ0v) is 14.5. The molecule has 8 heteroatoms. The van der Waals surface area contributed by atoms with Gasteiger partial charge in [0.15, 0.2) is 5.82 Å². The quantitative estimate of drug-likeness (QED) is 0.538. The van der Waals surface area contributed by atoms with Crippen molar-refractivity contribution in [1.29, 1.82) is 0 Å². The second-order valence-corrected chi connectivity index (χ2v) is 5.79. The summed E-state index contributed by atoms with van der Waals surface area (Å²) in [6.07, 6.45) is 3.03. The monoisotopic (exact) mass is 375 g/mol. The van der Waals surface area contributed by atoms with Crippen LogP contribution in [0.5, 0.6) is 0 Å². The third kappa shape index (κ3) is 3.70. The number of hydrogen-bond acceptors (Lipinski definition) is 5. The first-order valence-corrected chi connectivity index (χ1v) is 8.37. The summed E-state index contributed by atoms with van der Waals surface area (Å²) in [5, 5.41) is 14.4. The second-order valence-electron chi connectivity index (χ2n) is 5.79. The van der Waals surface area contributed by atoms with Gasteiger partial charge in [0.1, 0.15) is 17.3 Å². The average Bonchev–Trinajstić information content (AvgIpc) is 3.40. The normalized spacial score (nSPS) is 11.4. The number of carbonyl (C=O) groups excluding carboxylic acids is 1. The summed E-state index contributed by atoms with van der Waals surface area (Å²) < 4.78 is 19.8. The summed E-state index contributed by atoms with van der Waals surface area (Å²) >= 11 is 0. The molecule has 2 aromatic heterocycles. The number of halogens is 1. The number of aromatic nitrogens is 4. The van der Waals surface area contributed by atoms with Gasteiger partial charge in [0.05, 0.1) is 6.26 Å². The molecular weight excluding hydrogens is 361 g/mol. The Morgan fingerprint density at radius 2 is 1.82 bits per heavy atom. The Morgan fingerprint density at radius 1 is 1.04 bits per heavy atom. The number of benzene rings is 2. The Labute approximate surface area is 159 Å². The van der Waals surface area contributed by atoms with E-state index in [-0.39, 0.29) is 5.70 Å². The SMILES string of the molecule is O=C(Nc1ccc(F)cc1)C(=Cc1ccco1)n1nnnc1-c1ccccc1. The zero-order chi connectivity index (χ0) is 19.3. The highest BCUT2D eigenvalue weighted by molar-refractivity contribution is 6.24. The van der Waals surface area contributed by atoms with Crippen LogP contribution in [-0.2, 0) is 4.79 Å². The van der Waals surface area contributed by atoms with Crippen molar-refractivity contribution in [2.45, 2.75) is 0 Å². The van der Waals surface area contributed by atoms with Crippen LogP contribution in [0, 0.1) is 5.82 Å². The van der Waals surface area contributed by atoms with E-state index < -0.39 is 11.7 Å². The Kier molecular flexibility index (Phi) is 4.75. The summed E-state index contributed by atoms with van der Waals surface area (Å²) in [6, 6.07) is 18.1. The highest BCUT2D eigenvalue weighted by Gasteiger charge is 2.20. The molecule has 7 nitrogen and oxygen atoms in total. The minimum atomic E-state index is -0.479. The number of furan rings is 1. The first-order chi connectivity index (χ1) is 13.7. The lowest BCUT2D eigenvalue weighted by Crippen LogP contribution is -2.19. The molecule has 0 saturated heterocycles. The molecule has 0 bridgehead atoms. The van der Waals surface area contributed by atoms with Gasteiger partial charge >= 0.3 is 0 Å². The Balaban J connectivity index is 1.74. The van der Waals surface area contributed by atoms with E-state index in [4.69, 9.17) is 4.42 Å². The molecule has 0 aliphatic heterocycles. The smallest absolute Gasteiger partial charge is 0.274 e. The van der Waals surface area contributed by atoms with Gasteiger partial charge in [-0.3, -0.25) is 4.79 Å². The van der Waals surface area contributed by atoms with Gasteiger partial charge in [-0.25, -0.2) is 4.39 Å². The number of hydrogen-bond donors (Lipinski definition) is 1. The summed E-state index contributed by atoms with van der Waals surface area (Å²) in [5.41, 5.74) is 1.32. The third-order valence-corrected chi connectivity index (χ3v) is 3.89. The van der Waals surface area contributed by atoms with Crippen LogP contribution in [-0.4, -0.2) is 26.1 Å². The van der Waals surface area contributed by atoms with Crippen LogP contribution in [0.25, 0.3) is 23.2 Å². The van der Waals surface area contributed by atoms with Crippen LogP contribution in [0.2, 0.25) is 0 Å². The first-order valence-electron chi connectivity index (χ1n) is 8.37.